The van der Waals surface area contributed by atoms with Crippen LogP contribution in [0.25, 0.3) is 0 Å². The largest absolute Gasteiger partial charge is 0.355 e. The number of nitrogens with one attached hydrogen (secondary N) is 1. The molecule has 7 nitrogen and oxygen atoms in total. The molecule has 0 spiro atoms. The van der Waals surface area contributed by atoms with E-state index in [2.05, 4.69) is 5.32 Å². The molecule has 0 heterocycles. The Morgan fingerprint density at radius 2 is 1.43 bits per heavy atom. The van der Waals surface area contributed by atoms with E-state index in [0.717, 1.165) is 21.0 Å². The average Bonchev–Trinajstić information content (AvgIpc) is 2.99. The van der Waals surface area contributed by atoms with Gasteiger partial charge >= 0.3 is 0 Å². The van der Waals surface area contributed by atoms with Gasteiger partial charge in [0.1, 0.15) is 12.6 Å². The molecule has 4 rings (SSSR count). The fourth-order valence-electron chi connectivity index (χ4n) is 4.67. The van der Waals surface area contributed by atoms with Gasteiger partial charge in [-0.1, -0.05) is 84.4 Å². The summed E-state index contributed by atoms with van der Waals surface area (Å²) in [6.45, 7) is 3.77. The molecular formula is C33H34ClN3O4S. The molecule has 0 radical (unpaired) electrons. The number of carbonyl (C=O) groups excluding carboxylic acids is 2. The molecule has 0 aromatic heterocycles. The monoisotopic (exact) mass is 603 g/mol. The first-order chi connectivity index (χ1) is 20.2. The number of anilines is 1. The second kappa shape index (κ2) is 14.2. The Bertz CT molecular complexity index is 1600. The van der Waals surface area contributed by atoms with Crippen molar-refractivity contribution in [2.24, 2.45) is 0 Å². The Balaban J connectivity index is 1.78. The van der Waals surface area contributed by atoms with Gasteiger partial charge in [-0.2, -0.15) is 0 Å². The van der Waals surface area contributed by atoms with Gasteiger partial charge in [0, 0.05) is 24.5 Å². The van der Waals surface area contributed by atoms with Crippen LogP contribution in [-0.2, 0) is 32.6 Å². The van der Waals surface area contributed by atoms with E-state index in [-0.39, 0.29) is 23.8 Å². The molecule has 1 atom stereocenters. The molecule has 0 aliphatic carbocycles. The zero-order valence-corrected chi connectivity index (χ0v) is 25.2. The van der Waals surface area contributed by atoms with Crippen LogP contribution < -0.4 is 9.62 Å². The SMILES string of the molecule is CCNC(=O)[C@H](Cc1ccccc1)N(Cc1ccccc1C)C(=O)CN(c1ccccc1)S(=O)(=O)c1ccc(Cl)cc1. The molecule has 0 aliphatic rings. The maximum Gasteiger partial charge on any atom is 0.264 e. The lowest BCUT2D eigenvalue weighted by Gasteiger charge is -2.34. The first kappa shape index (κ1) is 30.8. The molecule has 0 fully saturated rings. The van der Waals surface area contributed by atoms with E-state index in [9.17, 15) is 18.0 Å². The van der Waals surface area contributed by atoms with Crippen LogP contribution in [-0.4, -0.2) is 44.3 Å². The highest BCUT2D eigenvalue weighted by atomic mass is 35.5. The highest BCUT2D eigenvalue weighted by molar-refractivity contribution is 7.92. The van der Waals surface area contributed by atoms with Gasteiger partial charge in [0.05, 0.1) is 10.6 Å². The smallest absolute Gasteiger partial charge is 0.264 e. The summed E-state index contributed by atoms with van der Waals surface area (Å²) < 4.78 is 29.0. The van der Waals surface area contributed by atoms with Crippen LogP contribution in [0.3, 0.4) is 0 Å². The lowest BCUT2D eigenvalue weighted by Crippen LogP contribution is -2.53. The number of rotatable bonds is 12. The Morgan fingerprint density at radius 3 is 2.05 bits per heavy atom. The second-order valence-electron chi connectivity index (χ2n) is 9.85. The van der Waals surface area contributed by atoms with Gasteiger partial charge < -0.3 is 10.2 Å². The number of benzene rings is 4. The van der Waals surface area contributed by atoms with Gasteiger partial charge in [-0.05, 0) is 66.9 Å². The van der Waals surface area contributed by atoms with Crippen LogP contribution in [0.1, 0.15) is 23.6 Å². The molecule has 4 aromatic carbocycles. The summed E-state index contributed by atoms with van der Waals surface area (Å²) in [5.74, 6) is -0.818. The number of hydrogen-bond acceptors (Lipinski definition) is 4. The number of amides is 2. The van der Waals surface area contributed by atoms with Crippen molar-refractivity contribution in [3.05, 3.63) is 131 Å². The van der Waals surface area contributed by atoms with E-state index in [4.69, 9.17) is 11.6 Å². The molecule has 0 saturated heterocycles. The van der Waals surface area contributed by atoms with Crippen LogP contribution in [0.2, 0.25) is 5.02 Å². The number of hydrogen-bond donors (Lipinski definition) is 1. The normalized spacial score (nSPS) is 11.9. The summed E-state index contributed by atoms with van der Waals surface area (Å²) in [6, 6.07) is 30.5. The predicted octanol–water partition coefficient (Wildman–Crippen LogP) is 5.62. The third-order valence-electron chi connectivity index (χ3n) is 6.95. The molecule has 0 bridgehead atoms. The van der Waals surface area contributed by atoms with Gasteiger partial charge in [0.25, 0.3) is 10.0 Å². The highest BCUT2D eigenvalue weighted by Crippen LogP contribution is 2.26. The molecule has 1 N–H and O–H groups in total. The van der Waals surface area contributed by atoms with E-state index in [1.54, 1.807) is 30.3 Å². The number of sulfonamides is 1. The maximum absolute atomic E-state index is 14.3. The van der Waals surface area contributed by atoms with Gasteiger partial charge in [0.15, 0.2) is 0 Å². The summed E-state index contributed by atoms with van der Waals surface area (Å²) in [5, 5.41) is 3.27. The van der Waals surface area contributed by atoms with Crippen molar-refractivity contribution in [2.45, 2.75) is 37.8 Å². The van der Waals surface area contributed by atoms with Crippen molar-refractivity contribution in [3.8, 4) is 0 Å². The van der Waals surface area contributed by atoms with E-state index in [1.165, 1.54) is 29.2 Å². The van der Waals surface area contributed by atoms with Crippen molar-refractivity contribution < 1.29 is 18.0 Å². The highest BCUT2D eigenvalue weighted by Gasteiger charge is 2.34. The first-order valence-corrected chi connectivity index (χ1v) is 15.5. The first-order valence-electron chi connectivity index (χ1n) is 13.7. The summed E-state index contributed by atoms with van der Waals surface area (Å²) in [5.41, 5.74) is 3.03. The second-order valence-corrected chi connectivity index (χ2v) is 12.1. The molecule has 42 heavy (non-hydrogen) atoms. The van der Waals surface area contributed by atoms with Gasteiger partial charge in [-0.15, -0.1) is 0 Å². The zero-order chi connectivity index (χ0) is 30.1. The summed E-state index contributed by atoms with van der Waals surface area (Å²) >= 11 is 6.02. The van der Waals surface area contributed by atoms with Crippen LogP contribution in [0, 0.1) is 6.92 Å². The third-order valence-corrected chi connectivity index (χ3v) is 8.99. The van der Waals surface area contributed by atoms with Crippen molar-refractivity contribution in [3.63, 3.8) is 0 Å². The van der Waals surface area contributed by atoms with E-state index in [1.807, 2.05) is 68.4 Å². The third kappa shape index (κ3) is 7.57. The van der Waals surface area contributed by atoms with E-state index in [0.29, 0.717) is 17.3 Å². The van der Waals surface area contributed by atoms with Crippen LogP contribution in [0.4, 0.5) is 5.69 Å². The van der Waals surface area contributed by atoms with Gasteiger partial charge in [-0.25, -0.2) is 8.42 Å². The number of para-hydroxylation sites is 1. The van der Waals surface area contributed by atoms with E-state index < -0.39 is 28.5 Å². The molecule has 9 heteroatoms. The minimum absolute atomic E-state index is 0.00133. The molecule has 4 aromatic rings. The quantitative estimate of drug-likeness (QED) is 0.228. The fourth-order valence-corrected chi connectivity index (χ4v) is 6.21. The number of likely N-dealkylation sites (N-methyl/N-ethyl adjacent to an activating group) is 1. The topological polar surface area (TPSA) is 86.8 Å². The number of aryl methyl sites for hydroxylation is 1. The molecule has 0 unspecified atom stereocenters. The lowest BCUT2D eigenvalue weighted by molar-refractivity contribution is -0.140. The van der Waals surface area contributed by atoms with Crippen molar-refractivity contribution in [1.82, 2.24) is 10.2 Å². The summed E-state index contributed by atoms with van der Waals surface area (Å²) in [6.07, 6.45) is 0.263. The average molecular weight is 604 g/mol. The Kier molecular flexibility index (Phi) is 10.4. The van der Waals surface area contributed by atoms with Crippen molar-refractivity contribution in [1.29, 1.82) is 0 Å². The predicted molar refractivity (Wildman–Crippen MR) is 167 cm³/mol. The van der Waals surface area contributed by atoms with Crippen LogP contribution in [0.15, 0.2) is 114 Å². The van der Waals surface area contributed by atoms with Crippen molar-refractivity contribution in [2.75, 3.05) is 17.4 Å². The van der Waals surface area contributed by atoms with E-state index >= 15 is 0 Å². The molecule has 2 amide bonds. The number of halogens is 1. The van der Waals surface area contributed by atoms with Gasteiger partial charge in [0.2, 0.25) is 11.8 Å². The molecule has 0 saturated carbocycles. The summed E-state index contributed by atoms with van der Waals surface area (Å²) in [7, 11) is -4.17. The Morgan fingerprint density at radius 1 is 0.833 bits per heavy atom. The number of carbonyl (C=O) groups is 2. The Labute approximate surface area is 252 Å². The zero-order valence-electron chi connectivity index (χ0n) is 23.6. The summed E-state index contributed by atoms with van der Waals surface area (Å²) in [4.78, 5) is 29.4. The number of nitrogens with zero attached hydrogens (tertiary/aromatic N) is 2. The minimum Gasteiger partial charge on any atom is -0.355 e. The lowest BCUT2D eigenvalue weighted by atomic mass is 10.0. The van der Waals surface area contributed by atoms with Crippen LogP contribution in [0.5, 0.6) is 0 Å². The minimum atomic E-state index is -4.17. The van der Waals surface area contributed by atoms with Crippen molar-refractivity contribution >= 4 is 39.1 Å². The maximum atomic E-state index is 14.3. The fraction of sp³-hybridized carbons (Fsp3) is 0.212. The molecule has 218 valence electrons. The standard InChI is InChI=1S/C33H34ClN3O4S/c1-3-35-33(39)31(22-26-13-6-4-7-14-26)36(23-27-15-11-10-12-25(27)2)32(38)24-37(29-16-8-5-9-17-29)42(40,41)30-20-18-28(34)19-21-30/h4-21,31H,3,22-24H2,1-2H3,(H,35,39)/t31-/m0/s1. The molecular weight excluding hydrogens is 570 g/mol. The molecule has 0 aliphatic heterocycles. The Hall–Kier alpha value is -4.14. The van der Waals surface area contributed by atoms with Crippen LogP contribution >= 0.6 is 11.6 Å². The van der Waals surface area contributed by atoms with Gasteiger partial charge in [-0.3, -0.25) is 13.9 Å².